The molecule has 0 aromatic carbocycles. The van der Waals surface area contributed by atoms with Crippen LogP contribution < -0.4 is 5.32 Å². The van der Waals surface area contributed by atoms with Gasteiger partial charge in [0.15, 0.2) is 0 Å². The molecule has 2 atom stereocenters. The molecular formula is C13H26N2O. The van der Waals surface area contributed by atoms with Crippen molar-refractivity contribution in [2.45, 2.75) is 50.7 Å². The maximum absolute atomic E-state index is 9.89. The van der Waals surface area contributed by atoms with Crippen LogP contribution in [0.5, 0.6) is 0 Å². The van der Waals surface area contributed by atoms with E-state index in [0.717, 1.165) is 13.0 Å². The summed E-state index contributed by atoms with van der Waals surface area (Å²) in [5, 5.41) is 13.5. The molecule has 3 heteroatoms. The maximum Gasteiger partial charge on any atom is 0.0580 e. The van der Waals surface area contributed by atoms with E-state index in [1.165, 1.54) is 45.2 Å². The molecule has 2 rings (SSSR count). The molecule has 1 aliphatic heterocycles. The van der Waals surface area contributed by atoms with Crippen LogP contribution >= 0.6 is 0 Å². The Morgan fingerprint density at radius 3 is 2.50 bits per heavy atom. The molecule has 1 heterocycles. The Bertz CT molecular complexity index is 202. The highest BCUT2D eigenvalue weighted by Gasteiger charge is 2.24. The van der Waals surface area contributed by atoms with Gasteiger partial charge in [-0.1, -0.05) is 12.8 Å². The monoisotopic (exact) mass is 226 g/mol. The molecule has 16 heavy (non-hydrogen) atoms. The zero-order valence-electron chi connectivity index (χ0n) is 10.5. The largest absolute Gasteiger partial charge is 0.393 e. The number of nitrogens with one attached hydrogen (secondary N) is 1. The van der Waals surface area contributed by atoms with Gasteiger partial charge < -0.3 is 15.3 Å². The van der Waals surface area contributed by atoms with Gasteiger partial charge in [-0.2, -0.15) is 0 Å². The Labute approximate surface area is 99.2 Å². The molecular weight excluding hydrogens is 200 g/mol. The van der Waals surface area contributed by atoms with Gasteiger partial charge >= 0.3 is 0 Å². The quantitative estimate of drug-likeness (QED) is 0.759. The number of piperidine rings is 1. The van der Waals surface area contributed by atoms with Crippen LogP contribution in [0.2, 0.25) is 0 Å². The minimum atomic E-state index is -0.0486. The number of aliphatic hydroxyl groups is 1. The average molecular weight is 226 g/mol. The van der Waals surface area contributed by atoms with E-state index in [9.17, 15) is 5.11 Å². The van der Waals surface area contributed by atoms with Crippen LogP contribution in [0.25, 0.3) is 0 Å². The van der Waals surface area contributed by atoms with Crippen LogP contribution in [0.3, 0.4) is 0 Å². The van der Waals surface area contributed by atoms with E-state index in [1.54, 1.807) is 0 Å². The summed E-state index contributed by atoms with van der Waals surface area (Å²) in [7, 11) is 2.20. The van der Waals surface area contributed by atoms with Gasteiger partial charge in [-0.05, 0) is 51.7 Å². The van der Waals surface area contributed by atoms with E-state index >= 15 is 0 Å². The van der Waals surface area contributed by atoms with E-state index in [2.05, 4.69) is 17.3 Å². The molecule has 0 bridgehead atoms. The van der Waals surface area contributed by atoms with Crippen molar-refractivity contribution in [2.24, 2.45) is 5.92 Å². The Morgan fingerprint density at radius 1 is 1.12 bits per heavy atom. The summed E-state index contributed by atoms with van der Waals surface area (Å²) in [6, 6.07) is 0.685. The first-order valence-corrected chi connectivity index (χ1v) is 6.85. The Hall–Kier alpha value is -0.120. The summed E-state index contributed by atoms with van der Waals surface area (Å²) >= 11 is 0. The molecule has 2 N–H and O–H groups in total. The number of rotatable bonds is 3. The maximum atomic E-state index is 9.89. The SMILES string of the molecule is CN1CCC(NCC2CCCCC2O)CC1. The fourth-order valence-electron chi connectivity index (χ4n) is 2.96. The average Bonchev–Trinajstić information content (AvgIpc) is 2.30. The van der Waals surface area contributed by atoms with E-state index in [1.807, 2.05) is 0 Å². The summed E-state index contributed by atoms with van der Waals surface area (Å²) in [5.74, 6) is 0.508. The zero-order valence-corrected chi connectivity index (χ0v) is 10.5. The molecule has 1 aliphatic carbocycles. The van der Waals surface area contributed by atoms with E-state index in [0.29, 0.717) is 12.0 Å². The zero-order chi connectivity index (χ0) is 11.4. The molecule has 0 aromatic rings. The van der Waals surface area contributed by atoms with Gasteiger partial charge in [0, 0.05) is 12.6 Å². The third-order valence-corrected chi connectivity index (χ3v) is 4.26. The van der Waals surface area contributed by atoms with Crippen LogP contribution in [0.15, 0.2) is 0 Å². The van der Waals surface area contributed by atoms with Crippen molar-refractivity contribution in [2.75, 3.05) is 26.7 Å². The third kappa shape index (κ3) is 3.44. The van der Waals surface area contributed by atoms with Crippen molar-refractivity contribution in [3.63, 3.8) is 0 Å². The molecule has 94 valence electrons. The van der Waals surface area contributed by atoms with E-state index in [4.69, 9.17) is 0 Å². The fraction of sp³-hybridized carbons (Fsp3) is 1.00. The molecule has 0 aromatic heterocycles. The predicted molar refractivity (Wildman–Crippen MR) is 66.5 cm³/mol. The van der Waals surface area contributed by atoms with Gasteiger partial charge in [-0.3, -0.25) is 0 Å². The standard InChI is InChI=1S/C13H26N2O/c1-15-8-6-12(7-9-15)14-10-11-4-2-3-5-13(11)16/h11-14,16H,2-10H2,1H3. The number of likely N-dealkylation sites (tertiary alicyclic amines) is 1. The van der Waals surface area contributed by atoms with E-state index in [-0.39, 0.29) is 6.10 Å². The molecule has 2 unspecified atom stereocenters. The van der Waals surface area contributed by atoms with Gasteiger partial charge in [0.2, 0.25) is 0 Å². The second-order valence-corrected chi connectivity index (χ2v) is 5.60. The molecule has 1 saturated heterocycles. The lowest BCUT2D eigenvalue weighted by Gasteiger charge is -2.33. The van der Waals surface area contributed by atoms with Crippen molar-refractivity contribution in [1.29, 1.82) is 0 Å². The minimum absolute atomic E-state index is 0.0486. The molecule has 0 radical (unpaired) electrons. The molecule has 2 aliphatic rings. The van der Waals surface area contributed by atoms with Crippen LogP contribution in [0.1, 0.15) is 38.5 Å². The lowest BCUT2D eigenvalue weighted by molar-refractivity contribution is 0.0664. The van der Waals surface area contributed by atoms with Gasteiger partial charge in [0.25, 0.3) is 0 Å². The second kappa shape index (κ2) is 5.99. The van der Waals surface area contributed by atoms with Crippen LogP contribution in [0, 0.1) is 5.92 Å². The van der Waals surface area contributed by atoms with Crippen molar-refractivity contribution in [3.05, 3.63) is 0 Å². The smallest absolute Gasteiger partial charge is 0.0580 e. The highest BCUT2D eigenvalue weighted by atomic mass is 16.3. The van der Waals surface area contributed by atoms with Crippen LogP contribution in [-0.4, -0.2) is 48.8 Å². The van der Waals surface area contributed by atoms with Gasteiger partial charge in [-0.15, -0.1) is 0 Å². The normalized spacial score (nSPS) is 34.1. The van der Waals surface area contributed by atoms with Gasteiger partial charge in [-0.25, -0.2) is 0 Å². The summed E-state index contributed by atoms with van der Waals surface area (Å²) < 4.78 is 0. The first-order valence-electron chi connectivity index (χ1n) is 6.85. The fourth-order valence-corrected chi connectivity index (χ4v) is 2.96. The van der Waals surface area contributed by atoms with Gasteiger partial charge in [0.05, 0.1) is 6.10 Å². The summed E-state index contributed by atoms with van der Waals surface area (Å²) in [4.78, 5) is 2.40. The topological polar surface area (TPSA) is 35.5 Å². The first kappa shape index (κ1) is 12.3. The Balaban J connectivity index is 1.66. The Kier molecular flexibility index (Phi) is 4.62. The highest BCUT2D eigenvalue weighted by Crippen LogP contribution is 2.24. The summed E-state index contributed by atoms with van der Waals surface area (Å²) in [6.45, 7) is 3.45. The Morgan fingerprint density at radius 2 is 1.81 bits per heavy atom. The molecule has 2 fully saturated rings. The minimum Gasteiger partial charge on any atom is -0.393 e. The number of aliphatic hydroxyl groups excluding tert-OH is 1. The van der Waals surface area contributed by atoms with Gasteiger partial charge in [0.1, 0.15) is 0 Å². The van der Waals surface area contributed by atoms with Crippen LogP contribution in [0.4, 0.5) is 0 Å². The first-order chi connectivity index (χ1) is 7.75. The van der Waals surface area contributed by atoms with Crippen molar-refractivity contribution >= 4 is 0 Å². The highest BCUT2D eigenvalue weighted by molar-refractivity contribution is 4.80. The van der Waals surface area contributed by atoms with Crippen molar-refractivity contribution in [1.82, 2.24) is 10.2 Å². The third-order valence-electron chi connectivity index (χ3n) is 4.26. The molecule has 0 spiro atoms. The molecule has 0 amide bonds. The lowest BCUT2D eigenvalue weighted by atomic mass is 9.86. The number of hydrogen-bond acceptors (Lipinski definition) is 3. The predicted octanol–water partition coefficient (Wildman–Crippen LogP) is 1.22. The van der Waals surface area contributed by atoms with Crippen LogP contribution in [-0.2, 0) is 0 Å². The van der Waals surface area contributed by atoms with Crippen molar-refractivity contribution < 1.29 is 5.11 Å². The number of nitrogens with zero attached hydrogens (tertiary/aromatic N) is 1. The van der Waals surface area contributed by atoms with E-state index < -0.39 is 0 Å². The molecule has 3 nitrogen and oxygen atoms in total. The van der Waals surface area contributed by atoms with Crippen molar-refractivity contribution in [3.8, 4) is 0 Å². The summed E-state index contributed by atoms with van der Waals surface area (Å²) in [5.41, 5.74) is 0. The second-order valence-electron chi connectivity index (χ2n) is 5.60. The number of hydrogen-bond donors (Lipinski definition) is 2. The summed E-state index contributed by atoms with van der Waals surface area (Å²) in [6.07, 6.45) is 7.22. The lowest BCUT2D eigenvalue weighted by Crippen LogP contribution is -2.44. The molecule has 1 saturated carbocycles.